The Labute approximate surface area is 204 Å². The predicted molar refractivity (Wildman–Crippen MR) is 133 cm³/mol. The molecule has 0 bridgehead atoms. The lowest BCUT2D eigenvalue weighted by Crippen LogP contribution is -2.27. The highest BCUT2D eigenvalue weighted by molar-refractivity contribution is 8.00. The molecule has 4 rings (SSSR count). The van der Waals surface area contributed by atoms with Crippen molar-refractivity contribution in [3.63, 3.8) is 0 Å². The van der Waals surface area contributed by atoms with Crippen LogP contribution < -0.4 is 14.8 Å². The molecule has 0 radical (unpaired) electrons. The highest BCUT2D eigenvalue weighted by atomic mass is 35.5. The predicted octanol–water partition coefficient (Wildman–Crippen LogP) is 4.87. The number of rotatable bonds is 9. The molecule has 0 saturated heterocycles. The van der Waals surface area contributed by atoms with E-state index in [1.54, 1.807) is 14.2 Å². The van der Waals surface area contributed by atoms with E-state index in [1.165, 1.54) is 29.6 Å². The van der Waals surface area contributed by atoms with Gasteiger partial charge in [-0.2, -0.15) is 4.37 Å². The molecule has 4 aromatic rings. The van der Waals surface area contributed by atoms with Gasteiger partial charge in [0, 0.05) is 17.1 Å². The molecule has 1 amide bonds. The highest BCUT2D eigenvalue weighted by Gasteiger charge is 2.15. The average Bonchev–Trinajstić information content (AvgIpc) is 3.28. The van der Waals surface area contributed by atoms with Gasteiger partial charge in [-0.05, 0) is 47.8 Å². The molecule has 0 fully saturated rings. The molecule has 2 heterocycles. The SMILES string of the molecule is COc1ccc(CCNC(=O)CSc2ncnc3c(-c4ccc(Cl)cc4)nsc23)cc1OC. The summed E-state index contributed by atoms with van der Waals surface area (Å²) in [5.74, 6) is 1.55. The van der Waals surface area contributed by atoms with Crippen LogP contribution in [0.2, 0.25) is 5.02 Å². The number of benzene rings is 2. The molecule has 0 saturated carbocycles. The van der Waals surface area contributed by atoms with Crippen molar-refractivity contribution in [2.45, 2.75) is 11.4 Å². The van der Waals surface area contributed by atoms with E-state index in [-0.39, 0.29) is 11.7 Å². The van der Waals surface area contributed by atoms with Gasteiger partial charge in [-0.3, -0.25) is 4.79 Å². The number of hydrogen-bond acceptors (Lipinski definition) is 8. The number of methoxy groups -OCH3 is 2. The van der Waals surface area contributed by atoms with Crippen molar-refractivity contribution < 1.29 is 14.3 Å². The van der Waals surface area contributed by atoms with Crippen molar-refractivity contribution >= 4 is 51.0 Å². The molecule has 0 aliphatic heterocycles. The second-order valence-corrected chi connectivity index (χ2v) is 9.15. The number of hydrogen-bond donors (Lipinski definition) is 1. The van der Waals surface area contributed by atoms with Crippen LogP contribution in [0.25, 0.3) is 21.5 Å². The lowest BCUT2D eigenvalue weighted by molar-refractivity contribution is -0.118. The first kappa shape index (κ1) is 23.3. The van der Waals surface area contributed by atoms with Crippen LogP contribution in [0.5, 0.6) is 11.5 Å². The Hall–Kier alpha value is -2.88. The number of fused-ring (bicyclic) bond motifs is 1. The molecule has 33 heavy (non-hydrogen) atoms. The van der Waals surface area contributed by atoms with Crippen molar-refractivity contribution in [1.29, 1.82) is 0 Å². The summed E-state index contributed by atoms with van der Waals surface area (Å²) in [5.41, 5.74) is 3.55. The van der Waals surface area contributed by atoms with Crippen molar-refractivity contribution in [1.82, 2.24) is 19.7 Å². The van der Waals surface area contributed by atoms with E-state index >= 15 is 0 Å². The standard InChI is InChI=1S/C23H21ClN4O3S2/c1-30-17-8-3-14(11-18(17)31-2)9-10-25-19(29)12-32-23-22-21(26-13-27-23)20(28-33-22)15-4-6-16(24)7-5-15/h3-8,11,13H,9-10,12H2,1-2H3,(H,25,29). The summed E-state index contributed by atoms with van der Waals surface area (Å²) in [4.78, 5) is 21.1. The van der Waals surface area contributed by atoms with E-state index in [1.807, 2.05) is 42.5 Å². The third kappa shape index (κ3) is 5.55. The maximum atomic E-state index is 12.4. The monoisotopic (exact) mass is 500 g/mol. The Morgan fingerprint density at radius 1 is 1.09 bits per heavy atom. The summed E-state index contributed by atoms with van der Waals surface area (Å²) in [6.45, 7) is 0.523. The van der Waals surface area contributed by atoms with E-state index in [9.17, 15) is 4.79 Å². The molecule has 0 aliphatic carbocycles. The minimum atomic E-state index is -0.0605. The maximum Gasteiger partial charge on any atom is 0.230 e. The van der Waals surface area contributed by atoms with Gasteiger partial charge in [0.15, 0.2) is 11.5 Å². The molecule has 0 aliphatic rings. The summed E-state index contributed by atoms with van der Waals surface area (Å²) in [6, 6.07) is 13.2. The highest BCUT2D eigenvalue weighted by Crippen LogP contribution is 2.34. The van der Waals surface area contributed by atoms with Crippen LogP contribution >= 0.6 is 34.9 Å². The molecule has 10 heteroatoms. The van der Waals surface area contributed by atoms with Gasteiger partial charge in [0.25, 0.3) is 0 Å². The molecular weight excluding hydrogens is 480 g/mol. The minimum absolute atomic E-state index is 0.0605. The first-order valence-corrected chi connectivity index (χ1v) is 12.2. The van der Waals surface area contributed by atoms with Crippen LogP contribution in [0.4, 0.5) is 0 Å². The van der Waals surface area contributed by atoms with Crippen molar-refractivity contribution in [3.05, 3.63) is 59.4 Å². The summed E-state index contributed by atoms with van der Waals surface area (Å²) >= 11 is 8.70. The normalized spacial score (nSPS) is 10.9. The minimum Gasteiger partial charge on any atom is -0.493 e. The second kappa shape index (κ2) is 10.8. The summed E-state index contributed by atoms with van der Waals surface area (Å²) in [7, 11) is 3.21. The molecule has 2 aromatic heterocycles. The van der Waals surface area contributed by atoms with Crippen LogP contribution in [-0.2, 0) is 11.2 Å². The van der Waals surface area contributed by atoms with E-state index in [0.29, 0.717) is 29.5 Å². The lowest BCUT2D eigenvalue weighted by atomic mass is 10.1. The largest absolute Gasteiger partial charge is 0.493 e. The zero-order valence-corrected chi connectivity index (χ0v) is 20.4. The average molecular weight is 501 g/mol. The summed E-state index contributed by atoms with van der Waals surface area (Å²) < 4.78 is 16.0. The molecule has 0 atom stereocenters. The second-order valence-electron chi connectivity index (χ2n) is 6.97. The van der Waals surface area contributed by atoms with Gasteiger partial charge >= 0.3 is 0 Å². The number of thioether (sulfide) groups is 1. The molecule has 2 aromatic carbocycles. The van der Waals surface area contributed by atoms with Gasteiger partial charge in [-0.15, -0.1) is 0 Å². The third-order valence-electron chi connectivity index (χ3n) is 4.87. The van der Waals surface area contributed by atoms with Crippen molar-refractivity contribution in [3.8, 4) is 22.8 Å². The fourth-order valence-electron chi connectivity index (χ4n) is 3.21. The van der Waals surface area contributed by atoms with E-state index < -0.39 is 0 Å². The zero-order valence-electron chi connectivity index (χ0n) is 18.0. The van der Waals surface area contributed by atoms with E-state index in [4.69, 9.17) is 21.1 Å². The molecule has 0 unspecified atom stereocenters. The van der Waals surface area contributed by atoms with E-state index in [0.717, 1.165) is 32.1 Å². The van der Waals surface area contributed by atoms with Gasteiger partial charge in [-0.1, -0.05) is 41.6 Å². The quantitative estimate of drug-likeness (QED) is 0.259. The van der Waals surface area contributed by atoms with Crippen LogP contribution in [0.3, 0.4) is 0 Å². The molecule has 0 spiro atoms. The molecule has 170 valence electrons. The van der Waals surface area contributed by atoms with E-state index in [2.05, 4.69) is 19.7 Å². The first-order valence-electron chi connectivity index (χ1n) is 10.1. The maximum absolute atomic E-state index is 12.4. The number of aromatic nitrogens is 3. The number of carbonyl (C=O) groups excluding carboxylic acids is 1. The Balaban J connectivity index is 1.35. The fraction of sp³-hybridized carbons (Fsp3) is 0.217. The van der Waals surface area contributed by atoms with Crippen LogP contribution in [0.15, 0.2) is 53.8 Å². The third-order valence-corrected chi connectivity index (χ3v) is 7.08. The number of amides is 1. The van der Waals surface area contributed by atoms with Gasteiger partial charge in [0.1, 0.15) is 27.3 Å². The summed E-state index contributed by atoms with van der Waals surface area (Å²) in [6.07, 6.45) is 2.20. The van der Waals surface area contributed by atoms with Gasteiger partial charge in [0.2, 0.25) is 5.91 Å². The Morgan fingerprint density at radius 3 is 2.64 bits per heavy atom. The number of nitrogens with zero attached hydrogens (tertiary/aromatic N) is 3. The summed E-state index contributed by atoms with van der Waals surface area (Å²) in [5, 5.41) is 4.36. The smallest absolute Gasteiger partial charge is 0.230 e. The van der Waals surface area contributed by atoms with Gasteiger partial charge in [0.05, 0.1) is 20.0 Å². The molecule has 7 nitrogen and oxygen atoms in total. The number of ether oxygens (including phenoxy) is 2. The van der Waals surface area contributed by atoms with Crippen LogP contribution in [-0.4, -0.2) is 46.8 Å². The van der Waals surface area contributed by atoms with Crippen LogP contribution in [0.1, 0.15) is 5.56 Å². The van der Waals surface area contributed by atoms with Crippen molar-refractivity contribution in [2.75, 3.05) is 26.5 Å². The zero-order chi connectivity index (χ0) is 23.2. The number of carbonyl (C=O) groups is 1. The first-order chi connectivity index (χ1) is 16.1. The van der Waals surface area contributed by atoms with Crippen molar-refractivity contribution in [2.24, 2.45) is 0 Å². The van der Waals surface area contributed by atoms with Gasteiger partial charge < -0.3 is 14.8 Å². The Bertz CT molecular complexity index is 1260. The number of nitrogens with one attached hydrogen (secondary N) is 1. The lowest BCUT2D eigenvalue weighted by Gasteiger charge is -2.10. The molecular formula is C23H21ClN4O3S2. The molecule has 1 N–H and O–H groups in total. The Kier molecular flexibility index (Phi) is 7.64. The van der Waals surface area contributed by atoms with Crippen LogP contribution in [0, 0.1) is 0 Å². The topological polar surface area (TPSA) is 86.2 Å². The Morgan fingerprint density at radius 2 is 1.88 bits per heavy atom. The number of halogens is 1. The fourth-order valence-corrected chi connectivity index (χ4v) is 5.09. The van der Waals surface area contributed by atoms with Gasteiger partial charge in [-0.25, -0.2) is 9.97 Å².